The SMILES string of the molecule is O=C(O)c1c2c(nc3cc(F)cc(F)c13)CCC2. The van der Waals surface area contributed by atoms with Crippen LogP contribution in [0.2, 0.25) is 0 Å². The Morgan fingerprint density at radius 3 is 2.78 bits per heavy atom. The van der Waals surface area contributed by atoms with Crippen molar-refractivity contribution in [3.63, 3.8) is 0 Å². The highest BCUT2D eigenvalue weighted by Crippen LogP contribution is 2.31. The number of carboxylic acid groups (broad SMARTS) is 1. The highest BCUT2D eigenvalue weighted by Gasteiger charge is 2.25. The van der Waals surface area contributed by atoms with E-state index in [4.69, 9.17) is 0 Å². The van der Waals surface area contributed by atoms with Gasteiger partial charge in [0.05, 0.1) is 16.5 Å². The van der Waals surface area contributed by atoms with E-state index < -0.39 is 17.6 Å². The van der Waals surface area contributed by atoms with Crippen LogP contribution in [0, 0.1) is 11.6 Å². The molecule has 18 heavy (non-hydrogen) atoms. The number of nitrogens with zero attached hydrogens (tertiary/aromatic N) is 1. The Balaban J connectivity index is 2.50. The summed E-state index contributed by atoms with van der Waals surface area (Å²) in [6.45, 7) is 0. The fourth-order valence-electron chi connectivity index (χ4n) is 2.55. The van der Waals surface area contributed by atoms with Gasteiger partial charge in [-0.15, -0.1) is 0 Å². The summed E-state index contributed by atoms with van der Waals surface area (Å²) in [5.41, 5.74) is 1.24. The van der Waals surface area contributed by atoms with Crippen LogP contribution >= 0.6 is 0 Å². The monoisotopic (exact) mass is 249 g/mol. The van der Waals surface area contributed by atoms with E-state index in [2.05, 4.69) is 4.98 Å². The molecule has 0 saturated heterocycles. The maximum atomic E-state index is 13.8. The van der Waals surface area contributed by atoms with Gasteiger partial charge in [-0.25, -0.2) is 13.6 Å². The largest absolute Gasteiger partial charge is 0.478 e. The van der Waals surface area contributed by atoms with Crippen LogP contribution in [0.4, 0.5) is 8.78 Å². The van der Waals surface area contributed by atoms with Crippen LogP contribution in [-0.4, -0.2) is 16.1 Å². The minimum Gasteiger partial charge on any atom is -0.478 e. The Labute approximate surface area is 101 Å². The Bertz CT molecular complexity index is 682. The molecular weight excluding hydrogens is 240 g/mol. The lowest BCUT2D eigenvalue weighted by molar-refractivity contribution is 0.0697. The van der Waals surface area contributed by atoms with Crippen LogP contribution in [0.1, 0.15) is 28.0 Å². The second-order valence-electron chi connectivity index (χ2n) is 4.35. The van der Waals surface area contributed by atoms with E-state index in [1.54, 1.807) is 0 Å². The summed E-state index contributed by atoms with van der Waals surface area (Å²) in [4.78, 5) is 15.5. The molecule has 1 N–H and O–H groups in total. The number of carboxylic acids is 1. The number of aromatic nitrogens is 1. The van der Waals surface area contributed by atoms with Crippen LogP contribution in [0.15, 0.2) is 12.1 Å². The number of aryl methyl sites for hydroxylation is 1. The van der Waals surface area contributed by atoms with E-state index in [1.807, 2.05) is 0 Å². The summed E-state index contributed by atoms with van der Waals surface area (Å²) < 4.78 is 26.9. The molecule has 0 radical (unpaired) electrons. The molecule has 0 aliphatic heterocycles. The minimum atomic E-state index is -1.19. The summed E-state index contributed by atoms with van der Waals surface area (Å²) in [5, 5.41) is 9.16. The first-order chi connectivity index (χ1) is 8.58. The third-order valence-corrected chi connectivity index (χ3v) is 3.24. The zero-order chi connectivity index (χ0) is 12.9. The van der Waals surface area contributed by atoms with E-state index >= 15 is 0 Å². The zero-order valence-corrected chi connectivity index (χ0v) is 9.33. The molecule has 1 heterocycles. The average Bonchev–Trinajstić information content (AvgIpc) is 2.72. The van der Waals surface area contributed by atoms with Gasteiger partial charge in [0.25, 0.3) is 0 Å². The van der Waals surface area contributed by atoms with Crippen molar-refractivity contribution in [1.82, 2.24) is 4.98 Å². The minimum absolute atomic E-state index is 0.0648. The molecule has 1 aromatic heterocycles. The molecule has 0 atom stereocenters. The summed E-state index contributed by atoms with van der Waals surface area (Å²) in [5.74, 6) is -2.81. The molecule has 0 amide bonds. The van der Waals surface area contributed by atoms with Gasteiger partial charge in [-0.05, 0) is 24.8 Å². The fourth-order valence-corrected chi connectivity index (χ4v) is 2.55. The second-order valence-corrected chi connectivity index (χ2v) is 4.35. The number of carbonyl (C=O) groups is 1. The second kappa shape index (κ2) is 3.73. The number of pyridine rings is 1. The Kier molecular flexibility index (Phi) is 2.29. The number of aromatic carboxylic acids is 1. The average molecular weight is 249 g/mol. The zero-order valence-electron chi connectivity index (χ0n) is 9.33. The van der Waals surface area contributed by atoms with Crippen molar-refractivity contribution in [3.8, 4) is 0 Å². The van der Waals surface area contributed by atoms with Gasteiger partial charge < -0.3 is 5.11 Å². The quantitative estimate of drug-likeness (QED) is 0.845. The number of hydrogen-bond donors (Lipinski definition) is 1. The Hall–Kier alpha value is -2.04. The first-order valence-electron chi connectivity index (χ1n) is 5.61. The number of halogens is 2. The molecule has 3 nitrogen and oxygen atoms in total. The van der Waals surface area contributed by atoms with Crippen LogP contribution < -0.4 is 0 Å². The van der Waals surface area contributed by atoms with Crippen molar-refractivity contribution in [1.29, 1.82) is 0 Å². The summed E-state index contributed by atoms with van der Waals surface area (Å²) in [6, 6.07) is 1.77. The normalized spacial score (nSPS) is 13.9. The maximum absolute atomic E-state index is 13.8. The molecule has 0 fully saturated rings. The van der Waals surface area contributed by atoms with E-state index in [0.717, 1.165) is 12.5 Å². The molecular formula is C13H9F2NO2. The lowest BCUT2D eigenvalue weighted by Crippen LogP contribution is -2.07. The number of benzene rings is 1. The smallest absolute Gasteiger partial charge is 0.336 e. The molecule has 0 spiro atoms. The van der Waals surface area contributed by atoms with E-state index in [9.17, 15) is 18.7 Å². The molecule has 0 bridgehead atoms. The molecule has 0 unspecified atom stereocenters. The Morgan fingerprint density at radius 2 is 2.06 bits per heavy atom. The highest BCUT2D eigenvalue weighted by molar-refractivity contribution is 6.04. The number of rotatable bonds is 1. The third-order valence-electron chi connectivity index (χ3n) is 3.24. The van der Waals surface area contributed by atoms with Crippen molar-refractivity contribution in [2.24, 2.45) is 0 Å². The van der Waals surface area contributed by atoms with Crippen LogP contribution in [-0.2, 0) is 12.8 Å². The summed E-state index contributed by atoms with van der Waals surface area (Å²) in [6.07, 6.45) is 2.03. The van der Waals surface area contributed by atoms with Crippen molar-refractivity contribution >= 4 is 16.9 Å². The molecule has 1 aliphatic carbocycles. The van der Waals surface area contributed by atoms with E-state index in [0.29, 0.717) is 30.2 Å². The molecule has 1 aliphatic rings. The van der Waals surface area contributed by atoms with Crippen LogP contribution in [0.5, 0.6) is 0 Å². The molecule has 3 rings (SSSR count). The number of fused-ring (bicyclic) bond motifs is 2. The predicted molar refractivity (Wildman–Crippen MR) is 60.6 cm³/mol. The van der Waals surface area contributed by atoms with Gasteiger partial charge in [0, 0.05) is 17.8 Å². The highest BCUT2D eigenvalue weighted by atomic mass is 19.1. The molecule has 5 heteroatoms. The van der Waals surface area contributed by atoms with Crippen molar-refractivity contribution < 1.29 is 18.7 Å². The summed E-state index contributed by atoms with van der Waals surface area (Å²) >= 11 is 0. The number of hydrogen-bond acceptors (Lipinski definition) is 2. The van der Waals surface area contributed by atoms with Gasteiger partial charge in [-0.3, -0.25) is 4.98 Å². The lowest BCUT2D eigenvalue weighted by atomic mass is 10.0. The van der Waals surface area contributed by atoms with E-state index in [1.165, 1.54) is 0 Å². The first kappa shape index (κ1) is 11.1. The van der Waals surface area contributed by atoms with Crippen LogP contribution in [0.3, 0.4) is 0 Å². The first-order valence-corrected chi connectivity index (χ1v) is 5.61. The maximum Gasteiger partial charge on any atom is 0.336 e. The third kappa shape index (κ3) is 1.47. The molecule has 2 aromatic rings. The van der Waals surface area contributed by atoms with Gasteiger partial charge in [0.15, 0.2) is 0 Å². The standard InChI is InChI=1S/C13H9F2NO2/c14-6-4-8(15)12-10(5-6)16-9-3-1-2-7(9)11(12)13(17)18/h4-5H,1-3H2,(H,17,18). The van der Waals surface area contributed by atoms with Crippen molar-refractivity contribution in [2.45, 2.75) is 19.3 Å². The van der Waals surface area contributed by atoms with Crippen molar-refractivity contribution in [3.05, 3.63) is 40.6 Å². The summed E-state index contributed by atoms with van der Waals surface area (Å²) in [7, 11) is 0. The van der Waals surface area contributed by atoms with Gasteiger partial charge >= 0.3 is 5.97 Å². The van der Waals surface area contributed by atoms with Gasteiger partial charge in [-0.2, -0.15) is 0 Å². The van der Waals surface area contributed by atoms with Gasteiger partial charge in [0.1, 0.15) is 11.6 Å². The van der Waals surface area contributed by atoms with Gasteiger partial charge in [-0.1, -0.05) is 0 Å². The van der Waals surface area contributed by atoms with Gasteiger partial charge in [0.2, 0.25) is 0 Å². The van der Waals surface area contributed by atoms with Crippen LogP contribution in [0.25, 0.3) is 10.9 Å². The fraction of sp³-hybridized carbons (Fsp3) is 0.231. The predicted octanol–water partition coefficient (Wildman–Crippen LogP) is 2.70. The van der Waals surface area contributed by atoms with Crippen molar-refractivity contribution in [2.75, 3.05) is 0 Å². The molecule has 0 saturated carbocycles. The van der Waals surface area contributed by atoms with E-state index in [-0.39, 0.29) is 16.5 Å². The topological polar surface area (TPSA) is 50.2 Å². The molecule has 1 aromatic carbocycles. The molecule has 92 valence electrons. The lowest BCUT2D eigenvalue weighted by Gasteiger charge is -2.09. The Morgan fingerprint density at radius 1 is 1.28 bits per heavy atom.